The van der Waals surface area contributed by atoms with Crippen molar-refractivity contribution in [2.45, 2.75) is 178 Å². The van der Waals surface area contributed by atoms with E-state index in [0.29, 0.717) is 57.1 Å². The van der Waals surface area contributed by atoms with Crippen LogP contribution in [0.4, 0.5) is 4.39 Å². The molecule has 0 saturated carbocycles. The van der Waals surface area contributed by atoms with Crippen molar-refractivity contribution in [1.82, 2.24) is 77.3 Å². The van der Waals surface area contributed by atoms with Gasteiger partial charge in [-0.3, -0.25) is 76.7 Å². The fourth-order valence-electron chi connectivity index (χ4n) is 15.2. The van der Waals surface area contributed by atoms with E-state index in [-0.39, 0.29) is 79.3 Å². The number of aromatic hydroxyl groups is 2. The highest BCUT2D eigenvalue weighted by Crippen LogP contribution is 2.28. The number of aryl methyl sites for hydroxylation is 1. The lowest BCUT2D eigenvalue weighted by Gasteiger charge is -2.37. The van der Waals surface area contributed by atoms with E-state index in [1.165, 1.54) is 95.9 Å². The lowest BCUT2D eigenvalue weighted by Crippen LogP contribution is -2.61. The average molecular weight is 1900 g/mol. The number of fused-ring (bicyclic) bond motifs is 1. The molecule has 0 bridgehead atoms. The van der Waals surface area contributed by atoms with E-state index in [0.717, 1.165) is 36.3 Å². The molecule has 7 aromatic rings. The lowest BCUT2D eigenvalue weighted by molar-refractivity contribution is -0.151. The molecule has 714 valence electrons. The first-order valence-electron chi connectivity index (χ1n) is 43.5. The molecule has 0 radical (unpaired) electrons. The zero-order valence-electron chi connectivity index (χ0n) is 75.7. The monoisotopic (exact) mass is 1890 g/mol. The van der Waals surface area contributed by atoms with Gasteiger partial charge in [0.2, 0.25) is 88.6 Å². The molecule has 11 atom stereocenters. The summed E-state index contributed by atoms with van der Waals surface area (Å²) in [6.45, 7) is 5.99. The third-order valence-corrected chi connectivity index (χ3v) is 24.1. The number of phenols is 2. The highest BCUT2D eigenvalue weighted by molar-refractivity contribution is 8.00. The van der Waals surface area contributed by atoms with Gasteiger partial charge in [0.1, 0.15) is 78.0 Å². The van der Waals surface area contributed by atoms with Crippen LogP contribution in [-0.4, -0.2) is 272 Å². The van der Waals surface area contributed by atoms with Crippen molar-refractivity contribution in [2.75, 3.05) is 66.4 Å². The third-order valence-electron chi connectivity index (χ3n) is 22.5. The summed E-state index contributed by atoms with van der Waals surface area (Å²) in [7, 11) is 6.37. The van der Waals surface area contributed by atoms with Crippen LogP contribution in [0.1, 0.15) is 107 Å². The molecule has 15 amide bonds. The van der Waals surface area contributed by atoms with E-state index >= 15 is 43.2 Å². The normalized spacial score (nSPS) is 21.6. The number of thioether (sulfide) groups is 1. The van der Waals surface area contributed by atoms with Crippen LogP contribution >= 0.6 is 35.0 Å². The Morgan fingerprint density at radius 3 is 1.54 bits per heavy atom. The molecule has 0 aliphatic carbocycles. The van der Waals surface area contributed by atoms with Crippen LogP contribution in [0.3, 0.4) is 0 Å². The van der Waals surface area contributed by atoms with Crippen molar-refractivity contribution >= 4 is 140 Å². The van der Waals surface area contributed by atoms with Crippen molar-refractivity contribution in [1.29, 1.82) is 0 Å². The fraction of sp³-hybridized carbons (Fsp3) is 0.426. The number of carboxylic acids is 1. The molecule has 35 nitrogen and oxygen atoms in total. The number of aliphatic carboxylic acids is 1. The number of hydrogen-bond acceptors (Lipinski definition) is 19. The number of primary amides is 1. The number of phenolic OH excluding ortho intramolecular Hbond substituents is 2. The second-order valence-electron chi connectivity index (χ2n) is 33.8. The van der Waals surface area contributed by atoms with E-state index in [2.05, 4.69) is 52.8 Å². The van der Waals surface area contributed by atoms with Crippen LogP contribution in [0.25, 0.3) is 10.9 Å². The van der Waals surface area contributed by atoms with Gasteiger partial charge in [-0.2, -0.15) is 0 Å². The maximum atomic E-state index is 15.6. The number of H-pyrrole nitrogens is 1. The summed E-state index contributed by atoms with van der Waals surface area (Å²) >= 11 is 13.3. The van der Waals surface area contributed by atoms with E-state index in [4.69, 9.17) is 28.9 Å². The molecular weight excluding hydrogens is 1780 g/mol. The Morgan fingerprint density at radius 2 is 0.985 bits per heavy atom. The molecule has 1 aromatic heterocycles. The molecule has 15 N–H and O–H groups in total. The summed E-state index contributed by atoms with van der Waals surface area (Å²) in [5.74, 6) is -19.2. The van der Waals surface area contributed by atoms with Crippen molar-refractivity contribution in [3.8, 4) is 11.5 Å². The summed E-state index contributed by atoms with van der Waals surface area (Å²) in [5, 5.41) is 54.7. The minimum Gasteiger partial charge on any atom is -0.508 e. The minimum atomic E-state index is -1.93. The van der Waals surface area contributed by atoms with E-state index in [1.807, 2.05) is 6.92 Å². The smallest absolute Gasteiger partial charge is 0.305 e. The number of carbonyl (C=O) groups is 16. The van der Waals surface area contributed by atoms with Gasteiger partial charge in [0, 0.05) is 90.2 Å². The first-order chi connectivity index (χ1) is 63.1. The number of carbonyl (C=O) groups excluding carboxylic acids is 15. The highest BCUT2D eigenvalue weighted by Gasteiger charge is 2.42. The van der Waals surface area contributed by atoms with Crippen molar-refractivity contribution in [2.24, 2.45) is 17.6 Å². The van der Waals surface area contributed by atoms with Gasteiger partial charge in [-0.1, -0.05) is 174 Å². The van der Waals surface area contributed by atoms with Crippen molar-refractivity contribution in [3.63, 3.8) is 0 Å². The number of halogens is 3. The Labute approximate surface area is 784 Å². The predicted molar refractivity (Wildman–Crippen MR) is 497 cm³/mol. The lowest BCUT2D eigenvalue weighted by atomic mass is 9.98. The molecule has 8 rings (SSSR count). The summed E-state index contributed by atoms with van der Waals surface area (Å²) in [5.41, 5.74) is 8.71. The second-order valence-corrected chi connectivity index (χ2v) is 35.6. The number of nitrogens with zero attached hydrogens (tertiary/aromatic N) is 5. The topological polar surface area (TPSA) is 500 Å². The number of para-hydroxylation sites is 1. The molecule has 133 heavy (non-hydrogen) atoms. The molecule has 6 aromatic carbocycles. The van der Waals surface area contributed by atoms with Gasteiger partial charge in [0.05, 0.1) is 41.9 Å². The number of hydrogen-bond donors (Lipinski definition) is 14. The molecule has 1 saturated heterocycles. The second kappa shape index (κ2) is 50.5. The van der Waals surface area contributed by atoms with E-state index in [1.54, 1.807) is 119 Å². The van der Waals surface area contributed by atoms with Crippen LogP contribution in [0, 0.1) is 17.7 Å². The number of nitrogens with one attached hydrogen (secondary N) is 10. The standard InChI is InChI=1S/C94H117Cl2FN16O19S/c1-11-12-27-74-92(130)110(7)50-79(118)103-71(46-81(120)121)88(126)108-83(54(4)5)94(132)112(9)75(43-55-21-15-13-16-22-55)89(127)106-72(42-58-30-35-62(115)36-31-58)90(128)109(6)49-78(117)102-70(45-60-47-99-66-26-20-19-25-63(60)66)87(125)105-69(41-57-28-33-61(114)34-29-57)86(124)104-68(38-53(2)3)85(123)107-73(84(122)100-48-77(98)116)51-133-52-80(119)101-67(37-32-59-39-64(95)82(97)65(96)40-59)91(129)113(10)76(93(131)111(74)8)44-56-23-17-14-18-24-56/h13-26,28-31,33-36,39-40,47,53-54,67-76,83,99,114-115H,11-12,27,32,37-38,41-46,48-52H2,1-10H3,(H2,98,116)(H,100,122)(H,101,119)(H,102,117)(H,103,118)(H,104,124)(H,105,125)(H,106,127)(H,107,123)(H,108,126)(H,120,121)/t67-,68-,69-,70-,71-,72-,73-,74-,75-,76-,83-/m0/s1. The molecule has 2 heterocycles. The van der Waals surface area contributed by atoms with Gasteiger partial charge in [0.15, 0.2) is 5.82 Å². The number of amides is 15. The Kier molecular flexibility index (Phi) is 39.9. The zero-order valence-corrected chi connectivity index (χ0v) is 78.0. The van der Waals surface area contributed by atoms with Crippen molar-refractivity contribution < 1.29 is 96.4 Å². The van der Waals surface area contributed by atoms with Gasteiger partial charge in [-0.25, -0.2) is 4.39 Å². The van der Waals surface area contributed by atoms with E-state index in [9.17, 15) is 53.3 Å². The molecule has 0 spiro atoms. The zero-order chi connectivity index (χ0) is 97.6. The first-order valence-corrected chi connectivity index (χ1v) is 45.4. The van der Waals surface area contributed by atoms with Crippen LogP contribution in [0.5, 0.6) is 11.5 Å². The van der Waals surface area contributed by atoms with Crippen LogP contribution in [0.2, 0.25) is 10.0 Å². The number of aromatic nitrogens is 1. The van der Waals surface area contributed by atoms with Gasteiger partial charge in [0.25, 0.3) is 0 Å². The summed E-state index contributed by atoms with van der Waals surface area (Å²) in [6.07, 6.45) is -0.494. The van der Waals surface area contributed by atoms with Crippen LogP contribution in [0.15, 0.2) is 152 Å². The summed E-state index contributed by atoms with van der Waals surface area (Å²) in [4.78, 5) is 244. The van der Waals surface area contributed by atoms with Crippen LogP contribution < -0.4 is 53.6 Å². The Hall–Kier alpha value is -13.2. The largest absolute Gasteiger partial charge is 0.508 e. The van der Waals surface area contributed by atoms with E-state index < -0.39 is 216 Å². The molecule has 1 aliphatic rings. The van der Waals surface area contributed by atoms with Gasteiger partial charge < -0.3 is 98.4 Å². The number of likely N-dealkylation sites (N-methyl/N-ethyl adjacent to an activating group) is 5. The maximum absolute atomic E-state index is 15.6. The molecule has 1 fully saturated rings. The highest BCUT2D eigenvalue weighted by atomic mass is 35.5. The SMILES string of the molecule is CCCC[C@H]1C(=O)N(C)CC(=O)N[C@@H](CC(=O)O)C(=O)N[C@@H](C(C)C)C(=O)N(C)[C@@H](Cc2ccccc2)C(=O)N[C@@H](Cc2ccc(O)cc2)C(=O)N(C)CC(=O)N[C@@H](Cc2c[nH]c3ccccc23)C(=O)N[C@@H](Cc2ccc(O)cc2)C(=O)N[C@@H](CC(C)C)C(=O)N[C@H](C(=O)NCC(N)=O)CSCC(=O)N[C@@H](CCc2cc(Cl)c(F)c(Cl)c2)C(=O)N(C)[C@@H](Cc2ccccc2)C(=O)N1C. The maximum Gasteiger partial charge on any atom is 0.305 e. The summed E-state index contributed by atoms with van der Waals surface area (Å²) in [6, 6.07) is 20.3. The molecular formula is C94H117Cl2FN16O19S. The quantitative estimate of drug-likeness (QED) is 0.0378. The number of nitrogens with two attached hydrogens (primary N) is 1. The van der Waals surface area contributed by atoms with Crippen LogP contribution in [-0.2, 0) is 115 Å². The van der Waals surface area contributed by atoms with Gasteiger partial charge in [-0.05, 0) is 113 Å². The number of carboxylic acid groups (broad SMARTS) is 1. The summed E-state index contributed by atoms with van der Waals surface area (Å²) < 4.78 is 14.9. The molecule has 1 aliphatic heterocycles. The predicted octanol–water partition coefficient (Wildman–Crippen LogP) is 4.16. The Bertz CT molecular complexity index is 5270. The minimum absolute atomic E-state index is 0.0169. The fourth-order valence-corrected chi connectivity index (χ4v) is 16.6. The third kappa shape index (κ3) is 31.5. The molecule has 0 unspecified atom stereocenters. The Morgan fingerprint density at radius 1 is 0.504 bits per heavy atom. The number of unbranched alkanes of at least 4 members (excludes halogenated alkanes) is 1. The average Bonchev–Trinajstić information content (AvgIpc) is 1.76. The molecule has 39 heteroatoms. The number of aromatic amines is 1. The van der Waals surface area contributed by atoms with Gasteiger partial charge >= 0.3 is 5.97 Å². The number of rotatable bonds is 24. The van der Waals surface area contributed by atoms with Crippen molar-refractivity contribution in [3.05, 3.63) is 201 Å². The Balaban J connectivity index is 1.22. The van der Waals surface area contributed by atoms with Gasteiger partial charge in [-0.15, -0.1) is 11.8 Å². The first kappa shape index (κ1) is 105. The number of benzene rings is 6.